The van der Waals surface area contributed by atoms with Crippen molar-refractivity contribution >= 4 is 34.3 Å². The van der Waals surface area contributed by atoms with Crippen LogP contribution in [-0.4, -0.2) is 10.8 Å². The quantitative estimate of drug-likeness (QED) is 0.423. The highest BCUT2D eigenvalue weighted by Crippen LogP contribution is 2.32. The number of hydrogen-bond acceptors (Lipinski definition) is 5. The Kier molecular flexibility index (Phi) is 4.26. The fourth-order valence-corrected chi connectivity index (χ4v) is 2.94. The second-order valence-corrected chi connectivity index (χ2v) is 5.99. The predicted octanol–water partition coefficient (Wildman–Crippen LogP) is 4.16. The molecule has 1 heterocycles. The first-order chi connectivity index (χ1) is 11.5. The van der Waals surface area contributed by atoms with E-state index in [0.29, 0.717) is 11.3 Å². The SMILES string of the molecule is Nc1ccc(C(=O)Nc2cc(-c3cccs3)ccc2[N+](=O)[O-])cc1. The maximum atomic E-state index is 12.3. The van der Waals surface area contributed by atoms with E-state index in [1.54, 1.807) is 36.4 Å². The van der Waals surface area contributed by atoms with E-state index in [1.165, 1.54) is 17.4 Å². The maximum absolute atomic E-state index is 12.3. The first-order valence-corrected chi connectivity index (χ1v) is 7.92. The molecule has 1 amide bonds. The van der Waals surface area contributed by atoms with Crippen molar-refractivity contribution in [3.8, 4) is 10.4 Å². The van der Waals surface area contributed by atoms with Crippen LogP contribution in [0.5, 0.6) is 0 Å². The van der Waals surface area contributed by atoms with Crippen LogP contribution in [0.3, 0.4) is 0 Å². The summed E-state index contributed by atoms with van der Waals surface area (Å²) in [6, 6.07) is 14.8. The molecule has 0 fully saturated rings. The molecule has 0 bridgehead atoms. The maximum Gasteiger partial charge on any atom is 0.292 e. The molecule has 1 aromatic heterocycles. The van der Waals surface area contributed by atoms with Crippen LogP contribution in [0, 0.1) is 10.1 Å². The number of nitrogens with two attached hydrogens (primary N) is 1. The number of carbonyl (C=O) groups is 1. The van der Waals surface area contributed by atoms with Gasteiger partial charge in [-0.3, -0.25) is 14.9 Å². The van der Waals surface area contributed by atoms with Gasteiger partial charge in [0.25, 0.3) is 11.6 Å². The zero-order valence-corrected chi connectivity index (χ0v) is 13.2. The second kappa shape index (κ2) is 6.51. The third-order valence-corrected chi connectivity index (χ3v) is 4.34. The van der Waals surface area contributed by atoms with Crippen molar-refractivity contribution in [1.82, 2.24) is 0 Å². The first kappa shape index (κ1) is 15.7. The average Bonchev–Trinajstić information content (AvgIpc) is 3.09. The molecule has 0 aliphatic carbocycles. The van der Waals surface area contributed by atoms with E-state index in [9.17, 15) is 14.9 Å². The molecule has 0 saturated heterocycles. The fourth-order valence-electron chi connectivity index (χ4n) is 2.22. The van der Waals surface area contributed by atoms with Crippen LogP contribution in [0.2, 0.25) is 0 Å². The van der Waals surface area contributed by atoms with Crippen molar-refractivity contribution in [1.29, 1.82) is 0 Å². The van der Waals surface area contributed by atoms with Gasteiger partial charge in [0.1, 0.15) is 5.69 Å². The van der Waals surface area contributed by atoms with Crippen molar-refractivity contribution in [2.45, 2.75) is 0 Å². The summed E-state index contributed by atoms with van der Waals surface area (Å²) < 4.78 is 0. The van der Waals surface area contributed by atoms with Gasteiger partial charge in [0.15, 0.2) is 0 Å². The molecule has 0 atom stereocenters. The van der Waals surface area contributed by atoms with E-state index in [-0.39, 0.29) is 11.4 Å². The number of nitro benzene ring substituents is 1. The van der Waals surface area contributed by atoms with Crippen molar-refractivity contribution < 1.29 is 9.72 Å². The number of amides is 1. The minimum Gasteiger partial charge on any atom is -0.399 e. The number of benzene rings is 2. The fraction of sp³-hybridized carbons (Fsp3) is 0. The third-order valence-electron chi connectivity index (χ3n) is 3.42. The van der Waals surface area contributed by atoms with Gasteiger partial charge >= 0.3 is 0 Å². The molecule has 120 valence electrons. The van der Waals surface area contributed by atoms with E-state index in [2.05, 4.69) is 5.32 Å². The molecule has 0 spiro atoms. The summed E-state index contributed by atoms with van der Waals surface area (Å²) in [5, 5.41) is 15.8. The Hall–Kier alpha value is -3.19. The summed E-state index contributed by atoms with van der Waals surface area (Å²) in [7, 11) is 0. The molecule has 3 N–H and O–H groups in total. The number of carbonyl (C=O) groups excluding carboxylic acids is 1. The molecule has 3 aromatic rings. The van der Waals surface area contributed by atoms with Gasteiger partial charge in [-0.05, 0) is 53.4 Å². The van der Waals surface area contributed by atoms with Crippen molar-refractivity contribution in [2.24, 2.45) is 0 Å². The molecule has 6 nitrogen and oxygen atoms in total. The number of nitrogen functional groups attached to an aromatic ring is 1. The molecule has 0 unspecified atom stereocenters. The van der Waals surface area contributed by atoms with Crippen LogP contribution < -0.4 is 11.1 Å². The molecular weight excluding hydrogens is 326 g/mol. The molecule has 24 heavy (non-hydrogen) atoms. The average molecular weight is 339 g/mol. The minimum absolute atomic E-state index is 0.154. The van der Waals surface area contributed by atoms with Gasteiger partial charge in [0.05, 0.1) is 4.92 Å². The van der Waals surface area contributed by atoms with Gasteiger partial charge in [-0.1, -0.05) is 6.07 Å². The lowest BCUT2D eigenvalue weighted by molar-refractivity contribution is -0.383. The largest absolute Gasteiger partial charge is 0.399 e. The summed E-state index contributed by atoms with van der Waals surface area (Å²) in [6.45, 7) is 0. The van der Waals surface area contributed by atoms with Gasteiger partial charge in [-0.2, -0.15) is 0 Å². The van der Waals surface area contributed by atoms with Gasteiger partial charge < -0.3 is 11.1 Å². The Morgan fingerprint density at radius 1 is 1.12 bits per heavy atom. The Morgan fingerprint density at radius 2 is 1.88 bits per heavy atom. The topological polar surface area (TPSA) is 98.3 Å². The van der Waals surface area contributed by atoms with E-state index >= 15 is 0 Å². The lowest BCUT2D eigenvalue weighted by Crippen LogP contribution is -2.13. The molecule has 0 aliphatic heterocycles. The third kappa shape index (κ3) is 3.26. The summed E-state index contributed by atoms with van der Waals surface area (Å²) in [5.41, 5.74) is 7.33. The molecule has 7 heteroatoms. The minimum atomic E-state index is -0.517. The molecule has 2 aromatic carbocycles. The highest BCUT2D eigenvalue weighted by Gasteiger charge is 2.18. The van der Waals surface area contributed by atoms with Crippen LogP contribution >= 0.6 is 11.3 Å². The number of nitrogens with zero attached hydrogens (tertiary/aromatic N) is 1. The molecule has 3 rings (SSSR count). The number of nitrogens with one attached hydrogen (secondary N) is 1. The first-order valence-electron chi connectivity index (χ1n) is 7.04. The highest BCUT2D eigenvalue weighted by molar-refractivity contribution is 7.13. The van der Waals surface area contributed by atoms with Crippen LogP contribution in [0.25, 0.3) is 10.4 Å². The summed E-state index contributed by atoms with van der Waals surface area (Å²) >= 11 is 1.52. The zero-order valence-electron chi connectivity index (χ0n) is 12.4. The lowest BCUT2D eigenvalue weighted by atomic mass is 10.1. The predicted molar refractivity (Wildman–Crippen MR) is 95.2 cm³/mol. The molecule has 0 saturated carbocycles. The lowest BCUT2D eigenvalue weighted by Gasteiger charge is -2.08. The van der Waals surface area contributed by atoms with E-state index in [4.69, 9.17) is 5.73 Å². The zero-order chi connectivity index (χ0) is 17.1. The number of rotatable bonds is 4. The molecule has 0 aliphatic rings. The Morgan fingerprint density at radius 3 is 2.50 bits per heavy atom. The Bertz CT molecular complexity index is 890. The summed E-state index contributed by atoms with van der Waals surface area (Å²) in [5.74, 6) is -0.429. The number of thiophene rings is 1. The second-order valence-electron chi connectivity index (χ2n) is 5.04. The van der Waals surface area contributed by atoms with E-state index < -0.39 is 10.8 Å². The van der Waals surface area contributed by atoms with Crippen molar-refractivity contribution in [3.05, 3.63) is 75.7 Å². The van der Waals surface area contributed by atoms with Gasteiger partial charge in [-0.15, -0.1) is 11.3 Å². The Balaban J connectivity index is 1.95. The van der Waals surface area contributed by atoms with Crippen molar-refractivity contribution in [3.63, 3.8) is 0 Å². The van der Waals surface area contributed by atoms with Gasteiger partial charge in [0.2, 0.25) is 0 Å². The van der Waals surface area contributed by atoms with Gasteiger partial charge in [0, 0.05) is 22.2 Å². The van der Waals surface area contributed by atoms with Crippen LogP contribution in [0.1, 0.15) is 10.4 Å². The van der Waals surface area contributed by atoms with Crippen molar-refractivity contribution in [2.75, 3.05) is 11.1 Å². The normalized spacial score (nSPS) is 10.3. The summed E-state index contributed by atoms with van der Waals surface area (Å²) in [4.78, 5) is 24.0. The van der Waals surface area contributed by atoms with E-state index in [1.807, 2.05) is 17.5 Å². The molecule has 0 radical (unpaired) electrons. The Labute approximate surface area is 141 Å². The standard InChI is InChI=1S/C17H13N3O3S/c18-13-6-3-11(4-7-13)17(21)19-14-10-12(16-2-1-9-24-16)5-8-15(14)20(22)23/h1-10H,18H2,(H,19,21). The number of hydrogen-bond donors (Lipinski definition) is 2. The number of anilines is 2. The highest BCUT2D eigenvalue weighted by atomic mass is 32.1. The number of nitro groups is 1. The summed E-state index contributed by atoms with van der Waals surface area (Å²) in [6.07, 6.45) is 0. The smallest absolute Gasteiger partial charge is 0.292 e. The van der Waals surface area contributed by atoms with Crippen LogP contribution in [0.15, 0.2) is 60.0 Å². The van der Waals surface area contributed by atoms with Crippen LogP contribution in [-0.2, 0) is 0 Å². The van der Waals surface area contributed by atoms with Crippen LogP contribution in [0.4, 0.5) is 17.1 Å². The monoisotopic (exact) mass is 339 g/mol. The molecular formula is C17H13N3O3S. The van der Waals surface area contributed by atoms with Gasteiger partial charge in [-0.25, -0.2) is 0 Å². The van der Waals surface area contributed by atoms with E-state index in [0.717, 1.165) is 10.4 Å².